The third-order valence-electron chi connectivity index (χ3n) is 2.88. The van der Waals surface area contributed by atoms with Crippen LogP contribution in [0.4, 0.5) is 10.1 Å². The molecule has 22 heavy (non-hydrogen) atoms. The Morgan fingerprint density at radius 1 is 1.09 bits per heavy atom. The van der Waals surface area contributed by atoms with Gasteiger partial charge in [-0.2, -0.15) is 5.10 Å². The monoisotopic (exact) mass is 302 g/mol. The van der Waals surface area contributed by atoms with Crippen molar-refractivity contribution in [1.29, 1.82) is 0 Å². The van der Waals surface area contributed by atoms with Crippen molar-refractivity contribution in [3.63, 3.8) is 0 Å². The topological polar surface area (TPSA) is 88.7 Å². The van der Waals surface area contributed by atoms with Gasteiger partial charge in [-0.25, -0.2) is 9.18 Å². The third kappa shape index (κ3) is 3.72. The van der Waals surface area contributed by atoms with Crippen LogP contribution in [-0.4, -0.2) is 18.9 Å². The van der Waals surface area contributed by atoms with Crippen LogP contribution in [0.25, 0.3) is 0 Å². The molecular weight excluding hydrogens is 287 g/mol. The number of nitrogens with one attached hydrogen (secondary N) is 2. The van der Waals surface area contributed by atoms with Gasteiger partial charge in [0.15, 0.2) is 5.84 Å². The summed E-state index contributed by atoms with van der Waals surface area (Å²) < 4.78 is 17.4. The average molecular weight is 302 g/mol. The Kier molecular flexibility index (Phi) is 4.92. The Bertz CT molecular complexity index is 669. The summed E-state index contributed by atoms with van der Waals surface area (Å²) in [6.45, 7) is 0. The quantitative estimate of drug-likeness (QED) is 0.264. The van der Waals surface area contributed by atoms with E-state index < -0.39 is 5.97 Å². The minimum atomic E-state index is -0.421. The summed E-state index contributed by atoms with van der Waals surface area (Å²) >= 11 is 0. The molecule has 2 aromatic rings. The number of ether oxygens (including phenoxy) is 1. The Hall–Kier alpha value is -3.09. The zero-order valence-electron chi connectivity index (χ0n) is 11.8. The summed E-state index contributed by atoms with van der Waals surface area (Å²) in [7, 11) is 1.32. The number of amidine groups is 1. The van der Waals surface area contributed by atoms with Crippen LogP contribution in [0, 0.1) is 5.82 Å². The number of hydrazine groups is 1. The predicted molar refractivity (Wildman–Crippen MR) is 81.7 cm³/mol. The van der Waals surface area contributed by atoms with Crippen LogP contribution in [0.5, 0.6) is 0 Å². The van der Waals surface area contributed by atoms with Gasteiger partial charge < -0.3 is 10.6 Å². The lowest BCUT2D eigenvalue weighted by Gasteiger charge is -2.12. The summed E-state index contributed by atoms with van der Waals surface area (Å²) in [5, 5.41) is 3.64. The summed E-state index contributed by atoms with van der Waals surface area (Å²) in [4.78, 5) is 11.4. The van der Waals surface area contributed by atoms with Crippen LogP contribution < -0.4 is 16.7 Å². The van der Waals surface area contributed by atoms with E-state index in [-0.39, 0.29) is 5.82 Å². The first kappa shape index (κ1) is 15.3. The van der Waals surface area contributed by atoms with Crippen molar-refractivity contribution in [1.82, 2.24) is 5.43 Å². The molecule has 0 saturated carbocycles. The van der Waals surface area contributed by atoms with Gasteiger partial charge in [-0.3, -0.25) is 10.9 Å². The lowest BCUT2D eigenvalue weighted by Crippen LogP contribution is -2.31. The predicted octanol–water partition coefficient (Wildman–Crippen LogP) is 1.85. The molecule has 0 unspecified atom stereocenters. The van der Waals surface area contributed by atoms with Gasteiger partial charge in [0, 0.05) is 5.56 Å². The average Bonchev–Trinajstić information content (AvgIpc) is 2.57. The molecule has 0 amide bonds. The fourth-order valence-electron chi connectivity index (χ4n) is 1.73. The molecule has 114 valence electrons. The van der Waals surface area contributed by atoms with Crippen LogP contribution >= 0.6 is 0 Å². The van der Waals surface area contributed by atoms with Gasteiger partial charge >= 0.3 is 5.97 Å². The number of anilines is 1. The number of carbonyl (C=O) groups is 1. The van der Waals surface area contributed by atoms with Crippen LogP contribution in [0.3, 0.4) is 0 Å². The maximum atomic E-state index is 12.8. The minimum Gasteiger partial charge on any atom is -0.465 e. The van der Waals surface area contributed by atoms with E-state index in [1.54, 1.807) is 36.4 Å². The van der Waals surface area contributed by atoms with E-state index in [2.05, 4.69) is 20.7 Å². The molecule has 0 aromatic heterocycles. The molecule has 0 aliphatic heterocycles. The molecule has 0 heterocycles. The summed E-state index contributed by atoms with van der Waals surface area (Å²) in [6, 6.07) is 12.4. The minimum absolute atomic E-state index is 0.323. The van der Waals surface area contributed by atoms with Crippen molar-refractivity contribution in [2.75, 3.05) is 12.5 Å². The number of nitrogens with zero attached hydrogens (tertiary/aromatic N) is 1. The molecule has 0 spiro atoms. The number of nitrogens with two attached hydrogens (primary N) is 1. The number of hydrogen-bond donors (Lipinski definition) is 3. The number of esters is 1. The van der Waals surface area contributed by atoms with Crippen LogP contribution in [-0.2, 0) is 4.74 Å². The Morgan fingerprint density at radius 2 is 1.68 bits per heavy atom. The van der Waals surface area contributed by atoms with E-state index in [4.69, 9.17) is 5.84 Å². The van der Waals surface area contributed by atoms with E-state index in [0.29, 0.717) is 22.6 Å². The first-order valence-corrected chi connectivity index (χ1v) is 6.38. The molecule has 0 atom stereocenters. The number of hydrazone groups is 1. The molecule has 6 nitrogen and oxygen atoms in total. The fourth-order valence-corrected chi connectivity index (χ4v) is 1.73. The molecule has 4 N–H and O–H groups in total. The molecule has 0 aliphatic rings. The number of hydrogen-bond acceptors (Lipinski definition) is 5. The zero-order chi connectivity index (χ0) is 15.9. The van der Waals surface area contributed by atoms with E-state index in [1.165, 1.54) is 19.2 Å². The number of benzene rings is 2. The van der Waals surface area contributed by atoms with Crippen molar-refractivity contribution in [2.24, 2.45) is 10.9 Å². The van der Waals surface area contributed by atoms with Gasteiger partial charge in [0.2, 0.25) is 0 Å². The Labute approximate surface area is 126 Å². The second-order valence-electron chi connectivity index (χ2n) is 4.30. The van der Waals surface area contributed by atoms with E-state index in [0.717, 1.165) is 0 Å². The molecule has 0 radical (unpaired) electrons. The molecule has 0 bridgehead atoms. The Morgan fingerprint density at radius 3 is 2.23 bits per heavy atom. The molecule has 2 aromatic carbocycles. The number of halogens is 1. The normalized spacial score (nSPS) is 10.9. The number of carbonyl (C=O) groups excluding carboxylic acids is 1. The lowest BCUT2D eigenvalue weighted by atomic mass is 10.1. The van der Waals surface area contributed by atoms with Crippen molar-refractivity contribution < 1.29 is 13.9 Å². The number of rotatable bonds is 4. The largest absolute Gasteiger partial charge is 0.465 e. The molecule has 2 rings (SSSR count). The van der Waals surface area contributed by atoms with Crippen LogP contribution in [0.2, 0.25) is 0 Å². The van der Waals surface area contributed by atoms with Crippen molar-refractivity contribution in [2.45, 2.75) is 0 Å². The summed E-state index contributed by atoms with van der Waals surface area (Å²) in [5.41, 5.74) is 7.41. The van der Waals surface area contributed by atoms with Crippen molar-refractivity contribution in [3.05, 3.63) is 65.5 Å². The van der Waals surface area contributed by atoms with Crippen LogP contribution in [0.1, 0.15) is 15.9 Å². The fraction of sp³-hybridized carbons (Fsp3) is 0.0667. The summed E-state index contributed by atoms with van der Waals surface area (Å²) in [6.07, 6.45) is 0. The van der Waals surface area contributed by atoms with E-state index in [9.17, 15) is 9.18 Å². The van der Waals surface area contributed by atoms with Crippen molar-refractivity contribution >= 4 is 17.5 Å². The van der Waals surface area contributed by atoms with Crippen LogP contribution in [0.15, 0.2) is 53.6 Å². The smallest absolute Gasteiger partial charge is 0.337 e. The first-order valence-electron chi connectivity index (χ1n) is 6.38. The van der Waals surface area contributed by atoms with Gasteiger partial charge in [-0.15, -0.1) is 0 Å². The SMILES string of the molecule is COC(=O)c1ccc(/C(=N/N)NNc2ccc(F)cc2)cc1. The van der Waals surface area contributed by atoms with Gasteiger partial charge in [0.1, 0.15) is 5.82 Å². The molecule has 0 saturated heterocycles. The highest BCUT2D eigenvalue weighted by atomic mass is 19.1. The van der Waals surface area contributed by atoms with E-state index >= 15 is 0 Å². The van der Waals surface area contributed by atoms with Gasteiger partial charge in [-0.1, -0.05) is 12.1 Å². The zero-order valence-corrected chi connectivity index (χ0v) is 11.8. The van der Waals surface area contributed by atoms with Gasteiger partial charge in [0.25, 0.3) is 0 Å². The Balaban J connectivity index is 2.05. The maximum absolute atomic E-state index is 12.8. The van der Waals surface area contributed by atoms with Gasteiger partial charge in [0.05, 0.1) is 18.4 Å². The highest BCUT2D eigenvalue weighted by Gasteiger charge is 2.07. The highest BCUT2D eigenvalue weighted by Crippen LogP contribution is 2.08. The second kappa shape index (κ2) is 7.07. The third-order valence-corrected chi connectivity index (χ3v) is 2.88. The maximum Gasteiger partial charge on any atom is 0.337 e. The molecule has 0 aliphatic carbocycles. The summed E-state index contributed by atoms with van der Waals surface area (Å²) in [5.74, 6) is 4.97. The van der Waals surface area contributed by atoms with Crippen molar-refractivity contribution in [3.8, 4) is 0 Å². The van der Waals surface area contributed by atoms with E-state index in [1.807, 2.05) is 0 Å². The molecular formula is C15H15FN4O2. The highest BCUT2D eigenvalue weighted by molar-refractivity contribution is 6.00. The number of methoxy groups -OCH3 is 1. The standard InChI is InChI=1S/C15H15FN4O2/c1-22-15(21)11-4-2-10(3-5-11)14(18-17)20-19-13-8-6-12(16)7-9-13/h2-9,19H,17H2,1H3,(H,18,20). The van der Waals surface area contributed by atoms with Gasteiger partial charge in [-0.05, 0) is 36.4 Å². The molecule has 0 fully saturated rings. The first-order chi connectivity index (χ1) is 10.6. The lowest BCUT2D eigenvalue weighted by molar-refractivity contribution is 0.0600. The molecule has 7 heteroatoms. The second-order valence-corrected chi connectivity index (χ2v) is 4.30.